The highest BCUT2D eigenvalue weighted by atomic mass is 16.5. The minimum Gasteiger partial charge on any atom is -0.497 e. The molecule has 0 saturated heterocycles. The van der Waals surface area contributed by atoms with Crippen LogP contribution in [0, 0.1) is 16.7 Å². The van der Waals surface area contributed by atoms with E-state index in [0.717, 1.165) is 24.8 Å². The molecule has 2 saturated carbocycles. The van der Waals surface area contributed by atoms with Gasteiger partial charge in [0.15, 0.2) is 0 Å². The van der Waals surface area contributed by atoms with Crippen LogP contribution in [0.25, 0.3) is 0 Å². The van der Waals surface area contributed by atoms with E-state index in [0.29, 0.717) is 23.1 Å². The summed E-state index contributed by atoms with van der Waals surface area (Å²) in [6.45, 7) is 8.70. The van der Waals surface area contributed by atoms with Gasteiger partial charge in [0.2, 0.25) is 5.91 Å². The molecule has 2 aliphatic carbocycles. The molecular weight excluding hydrogens is 290 g/mol. The molecule has 0 spiro atoms. The number of methoxy groups -OCH3 is 2. The van der Waals surface area contributed by atoms with E-state index >= 15 is 0 Å². The summed E-state index contributed by atoms with van der Waals surface area (Å²) in [4.78, 5) is 13.1. The third-order valence-electron chi connectivity index (χ3n) is 5.98. The van der Waals surface area contributed by atoms with Crippen molar-refractivity contribution in [3.05, 3.63) is 30.4 Å². The Labute approximate surface area is 137 Å². The zero-order valence-corrected chi connectivity index (χ0v) is 14.4. The molecule has 0 unspecified atom stereocenters. The number of carbonyl (C=O) groups is 1. The largest absolute Gasteiger partial charge is 0.497 e. The summed E-state index contributed by atoms with van der Waals surface area (Å²) in [7, 11) is 3.20. The Hall–Kier alpha value is -1.97. The first-order valence-electron chi connectivity index (χ1n) is 8.08. The zero-order chi connectivity index (χ0) is 16.8. The van der Waals surface area contributed by atoms with Gasteiger partial charge in [-0.1, -0.05) is 26.0 Å². The van der Waals surface area contributed by atoms with Crippen molar-refractivity contribution in [3.63, 3.8) is 0 Å². The molecule has 2 fully saturated rings. The molecule has 0 aliphatic heterocycles. The number of hydrogen-bond acceptors (Lipinski definition) is 3. The van der Waals surface area contributed by atoms with Crippen molar-refractivity contribution >= 4 is 11.6 Å². The predicted octanol–water partition coefficient (Wildman–Crippen LogP) is 4.02. The molecule has 1 aromatic carbocycles. The van der Waals surface area contributed by atoms with Gasteiger partial charge in [0.05, 0.1) is 25.3 Å². The molecule has 1 aromatic rings. The fourth-order valence-electron chi connectivity index (χ4n) is 4.30. The van der Waals surface area contributed by atoms with Crippen LogP contribution >= 0.6 is 0 Å². The summed E-state index contributed by atoms with van der Waals surface area (Å²) in [5.41, 5.74) is 1.31. The molecule has 2 bridgehead atoms. The number of nitrogens with one attached hydrogen (secondary N) is 1. The fourth-order valence-corrected chi connectivity index (χ4v) is 4.30. The first-order chi connectivity index (χ1) is 10.8. The van der Waals surface area contributed by atoms with E-state index in [9.17, 15) is 4.79 Å². The Balaban J connectivity index is 1.90. The number of amides is 1. The third kappa shape index (κ3) is 2.23. The number of ether oxygens (including phenoxy) is 2. The van der Waals surface area contributed by atoms with Crippen LogP contribution in [-0.2, 0) is 4.79 Å². The van der Waals surface area contributed by atoms with E-state index in [1.165, 1.54) is 0 Å². The molecule has 0 heterocycles. The van der Waals surface area contributed by atoms with Crippen LogP contribution in [0.2, 0.25) is 0 Å². The highest BCUT2D eigenvalue weighted by molar-refractivity contribution is 5.99. The minimum atomic E-state index is -0.442. The van der Waals surface area contributed by atoms with Crippen molar-refractivity contribution in [2.45, 2.75) is 33.1 Å². The lowest BCUT2D eigenvalue weighted by Crippen LogP contribution is -2.37. The third-order valence-corrected chi connectivity index (χ3v) is 5.98. The predicted molar refractivity (Wildman–Crippen MR) is 90.9 cm³/mol. The molecule has 1 N–H and O–H groups in total. The molecule has 2 aliphatic rings. The molecule has 4 nitrogen and oxygen atoms in total. The monoisotopic (exact) mass is 315 g/mol. The van der Waals surface area contributed by atoms with Crippen LogP contribution in [0.3, 0.4) is 0 Å². The van der Waals surface area contributed by atoms with Gasteiger partial charge in [-0.3, -0.25) is 4.79 Å². The second-order valence-electron chi connectivity index (χ2n) is 7.24. The molecule has 124 valence electrons. The smallest absolute Gasteiger partial charge is 0.234 e. The number of carbonyl (C=O) groups excluding carboxylic acids is 1. The van der Waals surface area contributed by atoms with Crippen molar-refractivity contribution < 1.29 is 14.3 Å². The lowest BCUT2D eigenvalue weighted by molar-refractivity contribution is -0.123. The number of hydrogen-bond donors (Lipinski definition) is 1. The summed E-state index contributed by atoms with van der Waals surface area (Å²) in [5, 5.41) is 3.06. The topological polar surface area (TPSA) is 47.6 Å². The molecule has 0 radical (unpaired) electrons. The van der Waals surface area contributed by atoms with Crippen LogP contribution < -0.4 is 14.8 Å². The van der Waals surface area contributed by atoms with Crippen LogP contribution in [0.15, 0.2) is 30.4 Å². The molecule has 3 rings (SSSR count). The molecular formula is C19H25NO3. The molecule has 0 aromatic heterocycles. The molecule has 1 amide bonds. The number of benzene rings is 1. The second-order valence-corrected chi connectivity index (χ2v) is 7.24. The van der Waals surface area contributed by atoms with Crippen molar-refractivity contribution in [3.8, 4) is 11.5 Å². The van der Waals surface area contributed by atoms with Crippen molar-refractivity contribution in [2.75, 3.05) is 19.5 Å². The van der Waals surface area contributed by atoms with E-state index < -0.39 is 5.41 Å². The van der Waals surface area contributed by atoms with Crippen LogP contribution in [0.4, 0.5) is 5.69 Å². The maximum atomic E-state index is 13.1. The van der Waals surface area contributed by atoms with E-state index in [1.54, 1.807) is 26.4 Å². The Bertz CT molecular complexity index is 665. The number of rotatable bonds is 4. The van der Waals surface area contributed by atoms with Gasteiger partial charge >= 0.3 is 0 Å². The van der Waals surface area contributed by atoms with Crippen molar-refractivity contribution in [2.24, 2.45) is 16.7 Å². The van der Waals surface area contributed by atoms with Gasteiger partial charge < -0.3 is 14.8 Å². The summed E-state index contributed by atoms with van der Waals surface area (Å²) in [6.07, 6.45) is 2.88. The first kappa shape index (κ1) is 15.9. The maximum absolute atomic E-state index is 13.1. The normalized spacial score (nSPS) is 27.8. The average molecular weight is 315 g/mol. The zero-order valence-electron chi connectivity index (χ0n) is 14.4. The van der Waals surface area contributed by atoms with E-state index in [4.69, 9.17) is 9.47 Å². The first-order valence-corrected chi connectivity index (χ1v) is 8.08. The van der Waals surface area contributed by atoms with Crippen LogP contribution in [0.1, 0.15) is 33.1 Å². The lowest BCUT2D eigenvalue weighted by atomic mass is 9.68. The molecule has 23 heavy (non-hydrogen) atoms. The van der Waals surface area contributed by atoms with E-state index in [2.05, 4.69) is 25.7 Å². The number of fused-ring (bicyclic) bond motifs is 2. The Morgan fingerprint density at radius 2 is 2.04 bits per heavy atom. The molecule has 2 atom stereocenters. The second kappa shape index (κ2) is 5.29. The highest BCUT2D eigenvalue weighted by Crippen LogP contribution is 2.65. The van der Waals surface area contributed by atoms with Gasteiger partial charge in [-0.2, -0.15) is 0 Å². The van der Waals surface area contributed by atoms with E-state index in [-0.39, 0.29) is 11.3 Å². The number of anilines is 1. The highest BCUT2D eigenvalue weighted by Gasteiger charge is 2.60. The van der Waals surface area contributed by atoms with Gasteiger partial charge in [0.1, 0.15) is 11.5 Å². The van der Waals surface area contributed by atoms with Gasteiger partial charge in [0.25, 0.3) is 0 Å². The van der Waals surface area contributed by atoms with Crippen LogP contribution in [-0.4, -0.2) is 20.1 Å². The summed E-state index contributed by atoms with van der Waals surface area (Å²) in [5.74, 6) is 1.90. The SMILES string of the molecule is C=C1C(C)(C)[C@H]2CC[C@@]1(C(=O)Nc1cc(OC)ccc1OC)C2. The standard InChI is InChI=1S/C19H25NO3/c1-12-18(2,3)13-8-9-19(12,11-13)17(21)20-15-10-14(22-4)6-7-16(15)23-5/h6-7,10,13H,1,8-9,11H2,2-5H3,(H,20,21)/t13-,19+/m0/s1. The fraction of sp³-hybridized carbons (Fsp3) is 0.526. The Morgan fingerprint density at radius 1 is 1.30 bits per heavy atom. The summed E-state index contributed by atoms with van der Waals surface area (Å²) >= 11 is 0. The van der Waals surface area contributed by atoms with Gasteiger partial charge in [-0.15, -0.1) is 0 Å². The summed E-state index contributed by atoms with van der Waals surface area (Å²) in [6, 6.07) is 5.41. The maximum Gasteiger partial charge on any atom is 0.234 e. The molecule has 4 heteroatoms. The Morgan fingerprint density at radius 3 is 2.61 bits per heavy atom. The lowest BCUT2D eigenvalue weighted by Gasteiger charge is -2.37. The van der Waals surface area contributed by atoms with Gasteiger partial charge in [-0.05, 0) is 42.7 Å². The van der Waals surface area contributed by atoms with E-state index in [1.807, 2.05) is 6.07 Å². The van der Waals surface area contributed by atoms with Crippen molar-refractivity contribution in [1.29, 1.82) is 0 Å². The van der Waals surface area contributed by atoms with Gasteiger partial charge in [0, 0.05) is 6.07 Å². The van der Waals surface area contributed by atoms with Crippen LogP contribution in [0.5, 0.6) is 11.5 Å². The quantitative estimate of drug-likeness (QED) is 0.854. The van der Waals surface area contributed by atoms with Gasteiger partial charge in [-0.25, -0.2) is 0 Å². The summed E-state index contributed by atoms with van der Waals surface area (Å²) < 4.78 is 10.6. The van der Waals surface area contributed by atoms with Crippen molar-refractivity contribution in [1.82, 2.24) is 0 Å². The minimum absolute atomic E-state index is 0.0297. The Kier molecular flexibility index (Phi) is 3.66. The average Bonchev–Trinajstić information content (AvgIpc) is 3.07.